The molecule has 0 spiro atoms. The first kappa shape index (κ1) is 15.7. The minimum absolute atomic E-state index is 0.0297. The fourth-order valence-electron chi connectivity index (χ4n) is 2.75. The Morgan fingerprint density at radius 2 is 2.22 bits per heavy atom. The number of H-pyrrole nitrogens is 1. The molecule has 2 aromatic heterocycles. The maximum Gasteiger partial charge on any atom is 0.304 e. The first-order chi connectivity index (χ1) is 11.1. The SMILES string of the molecule is Cc1ccc(N2CCC(C(=O)NCc3csc(=O)[nH]3)CC2)nc1. The van der Waals surface area contributed by atoms with Gasteiger partial charge in [-0.2, -0.15) is 0 Å². The Hall–Kier alpha value is -2.15. The lowest BCUT2D eigenvalue weighted by molar-refractivity contribution is -0.125. The Morgan fingerprint density at radius 3 is 2.83 bits per heavy atom. The molecule has 1 fully saturated rings. The molecular formula is C16H20N4O2S. The molecule has 23 heavy (non-hydrogen) atoms. The van der Waals surface area contributed by atoms with Gasteiger partial charge in [-0.15, -0.1) is 0 Å². The topological polar surface area (TPSA) is 78.1 Å². The summed E-state index contributed by atoms with van der Waals surface area (Å²) in [5, 5.41) is 4.65. The van der Waals surface area contributed by atoms with Gasteiger partial charge < -0.3 is 15.2 Å². The Kier molecular flexibility index (Phi) is 4.76. The van der Waals surface area contributed by atoms with Crippen molar-refractivity contribution < 1.29 is 4.79 Å². The second kappa shape index (κ2) is 6.95. The summed E-state index contributed by atoms with van der Waals surface area (Å²) in [5.74, 6) is 1.07. The van der Waals surface area contributed by atoms with E-state index in [1.54, 1.807) is 5.38 Å². The van der Waals surface area contributed by atoms with Crippen LogP contribution in [0.2, 0.25) is 0 Å². The van der Waals surface area contributed by atoms with E-state index in [1.807, 2.05) is 19.2 Å². The minimum Gasteiger partial charge on any atom is -0.357 e. The third-order valence-corrected chi connectivity index (χ3v) is 4.83. The summed E-state index contributed by atoms with van der Waals surface area (Å²) < 4.78 is 0. The van der Waals surface area contributed by atoms with E-state index >= 15 is 0 Å². The van der Waals surface area contributed by atoms with Crippen molar-refractivity contribution in [3.63, 3.8) is 0 Å². The normalized spacial score (nSPS) is 15.6. The molecule has 122 valence electrons. The number of amides is 1. The minimum atomic E-state index is -0.0897. The quantitative estimate of drug-likeness (QED) is 0.893. The molecule has 0 unspecified atom stereocenters. The highest BCUT2D eigenvalue weighted by Crippen LogP contribution is 2.22. The first-order valence-electron chi connectivity index (χ1n) is 7.74. The zero-order chi connectivity index (χ0) is 16.2. The molecule has 1 amide bonds. The van der Waals surface area contributed by atoms with Crippen molar-refractivity contribution in [2.45, 2.75) is 26.3 Å². The van der Waals surface area contributed by atoms with Crippen LogP contribution >= 0.6 is 11.3 Å². The van der Waals surface area contributed by atoms with Crippen molar-refractivity contribution in [1.82, 2.24) is 15.3 Å². The summed E-state index contributed by atoms with van der Waals surface area (Å²) in [6.07, 6.45) is 3.51. The van der Waals surface area contributed by atoms with Gasteiger partial charge >= 0.3 is 4.87 Å². The standard InChI is InChI=1S/C16H20N4O2S/c1-11-2-3-14(17-8-11)20-6-4-12(5-7-20)15(21)18-9-13-10-23-16(22)19-13/h2-3,8,10,12H,4-7,9H2,1H3,(H,18,21)(H,19,22). The molecule has 2 N–H and O–H groups in total. The van der Waals surface area contributed by atoms with Gasteiger partial charge in [-0.05, 0) is 31.4 Å². The number of piperidine rings is 1. The molecule has 0 radical (unpaired) electrons. The highest BCUT2D eigenvalue weighted by molar-refractivity contribution is 7.07. The summed E-state index contributed by atoms with van der Waals surface area (Å²) in [6.45, 7) is 4.08. The Morgan fingerprint density at radius 1 is 1.43 bits per heavy atom. The molecule has 1 aliphatic rings. The number of hydrogen-bond donors (Lipinski definition) is 2. The van der Waals surface area contributed by atoms with Crippen LogP contribution in [0.5, 0.6) is 0 Å². The summed E-state index contributed by atoms with van der Waals surface area (Å²) in [5.41, 5.74) is 1.91. The van der Waals surface area contributed by atoms with Gasteiger partial charge in [0.05, 0.1) is 6.54 Å². The molecule has 7 heteroatoms. The van der Waals surface area contributed by atoms with Gasteiger partial charge in [0.25, 0.3) is 0 Å². The summed E-state index contributed by atoms with van der Waals surface area (Å²) in [7, 11) is 0. The van der Waals surface area contributed by atoms with Gasteiger partial charge in [0.1, 0.15) is 5.82 Å². The number of nitrogens with one attached hydrogen (secondary N) is 2. The van der Waals surface area contributed by atoms with Crippen molar-refractivity contribution in [2.75, 3.05) is 18.0 Å². The smallest absolute Gasteiger partial charge is 0.304 e. The van der Waals surface area contributed by atoms with E-state index in [9.17, 15) is 9.59 Å². The molecule has 2 aromatic rings. The van der Waals surface area contributed by atoms with E-state index in [2.05, 4.69) is 26.3 Å². The van der Waals surface area contributed by atoms with Gasteiger partial charge in [-0.25, -0.2) is 4.98 Å². The maximum atomic E-state index is 12.2. The average molecular weight is 332 g/mol. The van der Waals surface area contributed by atoms with E-state index in [-0.39, 0.29) is 16.7 Å². The monoisotopic (exact) mass is 332 g/mol. The summed E-state index contributed by atoms with van der Waals surface area (Å²) in [6, 6.07) is 4.09. The number of aromatic nitrogens is 2. The van der Waals surface area contributed by atoms with Crippen molar-refractivity contribution >= 4 is 23.1 Å². The predicted molar refractivity (Wildman–Crippen MR) is 90.7 cm³/mol. The van der Waals surface area contributed by atoms with Gasteiger partial charge in [-0.1, -0.05) is 17.4 Å². The van der Waals surface area contributed by atoms with Crippen molar-refractivity contribution in [1.29, 1.82) is 0 Å². The molecule has 0 aromatic carbocycles. The number of pyridine rings is 1. The first-order valence-corrected chi connectivity index (χ1v) is 8.62. The summed E-state index contributed by atoms with van der Waals surface area (Å²) >= 11 is 1.11. The number of thiazole rings is 1. The maximum absolute atomic E-state index is 12.2. The number of rotatable bonds is 4. The lowest BCUT2D eigenvalue weighted by atomic mass is 9.96. The number of carbonyl (C=O) groups is 1. The van der Waals surface area contributed by atoms with Crippen LogP contribution < -0.4 is 15.1 Å². The van der Waals surface area contributed by atoms with Crippen molar-refractivity contribution in [2.24, 2.45) is 5.92 Å². The molecule has 0 atom stereocenters. The molecule has 0 bridgehead atoms. The number of carbonyl (C=O) groups excluding carboxylic acids is 1. The van der Waals surface area contributed by atoms with E-state index in [0.29, 0.717) is 6.54 Å². The van der Waals surface area contributed by atoms with E-state index in [4.69, 9.17) is 0 Å². The van der Waals surface area contributed by atoms with Crippen LogP contribution in [-0.2, 0) is 11.3 Å². The molecule has 3 rings (SSSR count). The number of aryl methyl sites for hydroxylation is 1. The Balaban J connectivity index is 1.49. The third kappa shape index (κ3) is 3.98. The molecule has 1 saturated heterocycles. The van der Waals surface area contributed by atoms with Crippen LogP contribution in [-0.4, -0.2) is 29.0 Å². The molecule has 0 aliphatic carbocycles. The number of hydrogen-bond acceptors (Lipinski definition) is 5. The second-order valence-electron chi connectivity index (χ2n) is 5.85. The Bertz CT molecular complexity index is 714. The van der Waals surface area contributed by atoms with Crippen LogP contribution in [0.3, 0.4) is 0 Å². The lowest BCUT2D eigenvalue weighted by Crippen LogP contribution is -2.40. The average Bonchev–Trinajstić information content (AvgIpc) is 2.99. The molecule has 3 heterocycles. The second-order valence-corrected chi connectivity index (χ2v) is 6.69. The van der Waals surface area contributed by atoms with Gasteiger partial charge in [-0.3, -0.25) is 9.59 Å². The zero-order valence-corrected chi connectivity index (χ0v) is 13.9. The van der Waals surface area contributed by atoms with Crippen LogP contribution in [0.4, 0.5) is 5.82 Å². The predicted octanol–water partition coefficient (Wildman–Crippen LogP) is 1.67. The highest BCUT2D eigenvalue weighted by atomic mass is 32.1. The van der Waals surface area contributed by atoms with Gasteiger partial charge in [0.15, 0.2) is 0 Å². The highest BCUT2D eigenvalue weighted by Gasteiger charge is 2.25. The van der Waals surface area contributed by atoms with Crippen LogP contribution in [0.1, 0.15) is 24.1 Å². The van der Waals surface area contributed by atoms with E-state index in [0.717, 1.165) is 54.3 Å². The largest absolute Gasteiger partial charge is 0.357 e. The zero-order valence-electron chi connectivity index (χ0n) is 13.0. The molecular weight excluding hydrogens is 312 g/mol. The van der Waals surface area contributed by atoms with Crippen LogP contribution in [0, 0.1) is 12.8 Å². The molecule has 6 nitrogen and oxygen atoms in total. The Labute approximate surface area is 138 Å². The van der Waals surface area contributed by atoms with E-state index in [1.165, 1.54) is 0 Å². The van der Waals surface area contributed by atoms with Gasteiger partial charge in [0.2, 0.25) is 5.91 Å². The van der Waals surface area contributed by atoms with Gasteiger partial charge in [0, 0.05) is 36.3 Å². The van der Waals surface area contributed by atoms with Crippen LogP contribution in [0.25, 0.3) is 0 Å². The number of aromatic amines is 1. The van der Waals surface area contributed by atoms with E-state index < -0.39 is 0 Å². The van der Waals surface area contributed by atoms with Crippen molar-refractivity contribution in [3.8, 4) is 0 Å². The fraction of sp³-hybridized carbons (Fsp3) is 0.438. The molecule has 0 saturated carbocycles. The lowest BCUT2D eigenvalue weighted by Gasteiger charge is -2.32. The number of anilines is 1. The number of nitrogens with zero attached hydrogens (tertiary/aromatic N) is 2. The summed E-state index contributed by atoms with van der Waals surface area (Å²) in [4.78, 5) is 32.6. The third-order valence-electron chi connectivity index (χ3n) is 4.11. The van der Waals surface area contributed by atoms with Crippen molar-refractivity contribution in [3.05, 3.63) is 44.6 Å². The van der Waals surface area contributed by atoms with Crippen LogP contribution in [0.15, 0.2) is 28.5 Å². The molecule has 1 aliphatic heterocycles. The fourth-order valence-corrected chi connectivity index (χ4v) is 3.33.